The van der Waals surface area contributed by atoms with Crippen molar-refractivity contribution in [3.05, 3.63) is 82.8 Å². The lowest BCUT2D eigenvalue weighted by molar-refractivity contribution is -0.136. The van der Waals surface area contributed by atoms with Gasteiger partial charge in [0, 0.05) is 30.4 Å². The molecule has 1 aromatic heterocycles. The number of rotatable bonds is 7. The monoisotopic (exact) mass is 441 g/mol. The van der Waals surface area contributed by atoms with Gasteiger partial charge in [-0.2, -0.15) is 0 Å². The number of anilines is 3. The smallest absolute Gasteiger partial charge is 0.303 e. The first-order chi connectivity index (χ1) is 15.4. The van der Waals surface area contributed by atoms with Gasteiger partial charge in [0.1, 0.15) is 11.6 Å². The zero-order valence-corrected chi connectivity index (χ0v) is 17.2. The third kappa shape index (κ3) is 4.85. The second-order valence-electron chi connectivity index (χ2n) is 7.69. The van der Waals surface area contributed by atoms with E-state index in [4.69, 9.17) is 10.1 Å². The Bertz CT molecular complexity index is 1150. The number of carbonyl (C=O) groups is 1. The highest BCUT2D eigenvalue weighted by Crippen LogP contribution is 2.33. The molecule has 0 saturated heterocycles. The molecule has 1 aliphatic heterocycles. The van der Waals surface area contributed by atoms with Crippen molar-refractivity contribution in [2.75, 3.05) is 16.8 Å². The molecule has 2 aromatic carbocycles. The molecule has 1 aliphatic rings. The van der Waals surface area contributed by atoms with E-state index in [1.807, 2.05) is 17.0 Å². The minimum Gasteiger partial charge on any atom is -0.481 e. The standard InChI is InChI=1S/C24H22F3N3O2/c25-20-9-8-19(13-22(20)27)30-11-1-2-16-4-7-18(29-24(16)30)14-28-17-6-3-15(21(26)12-17)5-10-23(31)32/h3-4,6-9,12-13,28H,1-2,5,10-11,14H2,(H,31,32). The van der Waals surface area contributed by atoms with E-state index >= 15 is 0 Å². The number of halogens is 3. The first kappa shape index (κ1) is 21.7. The Morgan fingerprint density at radius 2 is 1.88 bits per heavy atom. The van der Waals surface area contributed by atoms with E-state index in [-0.39, 0.29) is 12.8 Å². The summed E-state index contributed by atoms with van der Waals surface area (Å²) in [6.45, 7) is 0.984. The van der Waals surface area contributed by atoms with E-state index in [1.54, 1.807) is 12.1 Å². The van der Waals surface area contributed by atoms with Crippen LogP contribution in [0.4, 0.5) is 30.4 Å². The highest BCUT2D eigenvalue weighted by Gasteiger charge is 2.21. The van der Waals surface area contributed by atoms with E-state index in [0.29, 0.717) is 41.5 Å². The summed E-state index contributed by atoms with van der Waals surface area (Å²) in [5.41, 5.74) is 3.19. The minimum absolute atomic E-state index is 0.128. The summed E-state index contributed by atoms with van der Waals surface area (Å²) in [6.07, 6.45) is 1.73. The molecule has 0 fully saturated rings. The Morgan fingerprint density at radius 3 is 2.62 bits per heavy atom. The van der Waals surface area contributed by atoms with Gasteiger partial charge in [-0.05, 0) is 60.7 Å². The molecule has 0 amide bonds. The Hall–Kier alpha value is -3.55. The SMILES string of the molecule is O=C(O)CCc1ccc(NCc2ccc3c(n2)N(c2ccc(F)c(F)c2)CCC3)cc1F. The second-order valence-corrected chi connectivity index (χ2v) is 7.69. The van der Waals surface area contributed by atoms with Gasteiger partial charge in [0.2, 0.25) is 0 Å². The molecule has 0 unspecified atom stereocenters. The quantitative estimate of drug-likeness (QED) is 0.527. The fourth-order valence-electron chi connectivity index (χ4n) is 3.78. The summed E-state index contributed by atoms with van der Waals surface area (Å²) in [6, 6.07) is 12.3. The lowest BCUT2D eigenvalue weighted by Gasteiger charge is -2.30. The Balaban J connectivity index is 1.49. The van der Waals surface area contributed by atoms with Crippen LogP contribution in [0.25, 0.3) is 0 Å². The number of aliphatic carboxylic acids is 1. The normalized spacial score (nSPS) is 13.0. The van der Waals surface area contributed by atoms with Crippen molar-refractivity contribution >= 4 is 23.2 Å². The first-order valence-electron chi connectivity index (χ1n) is 10.4. The van der Waals surface area contributed by atoms with Crippen molar-refractivity contribution in [1.29, 1.82) is 0 Å². The molecule has 0 saturated carbocycles. The van der Waals surface area contributed by atoms with Gasteiger partial charge in [0.05, 0.1) is 12.2 Å². The van der Waals surface area contributed by atoms with Crippen LogP contribution >= 0.6 is 0 Å². The van der Waals surface area contributed by atoms with E-state index in [1.165, 1.54) is 18.2 Å². The first-order valence-corrected chi connectivity index (χ1v) is 10.4. The van der Waals surface area contributed by atoms with Crippen LogP contribution in [0, 0.1) is 17.5 Å². The largest absolute Gasteiger partial charge is 0.481 e. The van der Waals surface area contributed by atoms with Crippen LogP contribution < -0.4 is 10.2 Å². The molecule has 3 aromatic rings. The number of nitrogens with one attached hydrogen (secondary N) is 1. The van der Waals surface area contributed by atoms with Crippen LogP contribution in [0.15, 0.2) is 48.5 Å². The maximum Gasteiger partial charge on any atom is 0.303 e. The summed E-state index contributed by atoms with van der Waals surface area (Å²) in [5, 5.41) is 11.9. The van der Waals surface area contributed by atoms with Crippen molar-refractivity contribution in [3.63, 3.8) is 0 Å². The average molecular weight is 441 g/mol. The van der Waals surface area contributed by atoms with Crippen LogP contribution in [-0.2, 0) is 24.2 Å². The summed E-state index contributed by atoms with van der Waals surface area (Å²) >= 11 is 0. The van der Waals surface area contributed by atoms with E-state index in [2.05, 4.69) is 5.32 Å². The molecule has 0 bridgehead atoms. The zero-order valence-electron chi connectivity index (χ0n) is 17.2. The van der Waals surface area contributed by atoms with Gasteiger partial charge in [-0.25, -0.2) is 18.2 Å². The Morgan fingerprint density at radius 1 is 1.03 bits per heavy atom. The highest BCUT2D eigenvalue weighted by atomic mass is 19.2. The summed E-state index contributed by atoms with van der Waals surface area (Å²) in [7, 11) is 0. The zero-order chi connectivity index (χ0) is 22.7. The minimum atomic E-state index is -0.970. The van der Waals surface area contributed by atoms with Crippen molar-refractivity contribution < 1.29 is 23.1 Å². The van der Waals surface area contributed by atoms with Crippen molar-refractivity contribution in [3.8, 4) is 0 Å². The second kappa shape index (κ2) is 9.30. The maximum atomic E-state index is 14.2. The number of nitrogens with zero attached hydrogens (tertiary/aromatic N) is 2. The van der Waals surface area contributed by atoms with Crippen LogP contribution in [0.5, 0.6) is 0 Å². The summed E-state index contributed by atoms with van der Waals surface area (Å²) in [4.78, 5) is 17.3. The summed E-state index contributed by atoms with van der Waals surface area (Å²) in [5.74, 6) is -2.52. The topological polar surface area (TPSA) is 65.5 Å². The number of aromatic nitrogens is 1. The predicted octanol–water partition coefficient (Wildman–Crippen LogP) is 5.21. The number of fused-ring (bicyclic) bond motifs is 1. The lowest BCUT2D eigenvalue weighted by atomic mass is 10.0. The number of hydrogen-bond acceptors (Lipinski definition) is 4. The van der Waals surface area contributed by atoms with Crippen molar-refractivity contribution in [2.45, 2.75) is 32.2 Å². The van der Waals surface area contributed by atoms with Crippen LogP contribution in [0.3, 0.4) is 0 Å². The van der Waals surface area contributed by atoms with Crippen molar-refractivity contribution in [2.24, 2.45) is 0 Å². The number of carboxylic acid groups (broad SMARTS) is 1. The van der Waals surface area contributed by atoms with Crippen LogP contribution in [0.1, 0.15) is 29.7 Å². The Kier molecular flexibility index (Phi) is 6.30. The third-order valence-corrected chi connectivity index (χ3v) is 5.45. The van der Waals surface area contributed by atoms with Gasteiger partial charge in [-0.15, -0.1) is 0 Å². The predicted molar refractivity (Wildman–Crippen MR) is 116 cm³/mol. The number of pyridine rings is 1. The molecule has 5 nitrogen and oxygen atoms in total. The molecule has 4 rings (SSSR count). The van der Waals surface area contributed by atoms with Crippen LogP contribution in [-0.4, -0.2) is 22.6 Å². The molecule has 0 atom stereocenters. The molecular formula is C24H22F3N3O2. The Labute approximate surface area is 183 Å². The fourth-order valence-corrected chi connectivity index (χ4v) is 3.78. The molecular weight excluding hydrogens is 419 g/mol. The molecule has 0 spiro atoms. The molecule has 2 heterocycles. The van der Waals surface area contributed by atoms with Gasteiger partial charge < -0.3 is 15.3 Å². The highest BCUT2D eigenvalue weighted by molar-refractivity contribution is 5.67. The molecule has 0 radical (unpaired) electrons. The average Bonchev–Trinajstić information content (AvgIpc) is 2.78. The van der Waals surface area contributed by atoms with Gasteiger partial charge in [0.25, 0.3) is 0 Å². The van der Waals surface area contributed by atoms with Gasteiger partial charge in [-0.1, -0.05) is 12.1 Å². The fraction of sp³-hybridized carbons (Fsp3) is 0.250. The number of aryl methyl sites for hydroxylation is 2. The molecule has 2 N–H and O–H groups in total. The van der Waals surface area contributed by atoms with E-state index < -0.39 is 23.4 Å². The van der Waals surface area contributed by atoms with E-state index in [9.17, 15) is 18.0 Å². The maximum absolute atomic E-state index is 14.2. The lowest BCUT2D eigenvalue weighted by Crippen LogP contribution is -2.26. The number of hydrogen-bond donors (Lipinski definition) is 2. The molecule has 32 heavy (non-hydrogen) atoms. The van der Waals surface area contributed by atoms with E-state index in [0.717, 1.165) is 24.5 Å². The summed E-state index contributed by atoms with van der Waals surface area (Å²) < 4.78 is 41.3. The third-order valence-electron chi connectivity index (χ3n) is 5.45. The molecule has 0 aliphatic carbocycles. The van der Waals surface area contributed by atoms with Gasteiger partial charge >= 0.3 is 5.97 Å². The number of benzene rings is 2. The van der Waals surface area contributed by atoms with Gasteiger partial charge in [-0.3, -0.25) is 4.79 Å². The number of carboxylic acids is 1. The molecule has 166 valence electrons. The van der Waals surface area contributed by atoms with Gasteiger partial charge in [0.15, 0.2) is 11.6 Å². The van der Waals surface area contributed by atoms with Crippen molar-refractivity contribution in [1.82, 2.24) is 4.98 Å². The van der Waals surface area contributed by atoms with Crippen LogP contribution in [0.2, 0.25) is 0 Å². The molecule has 8 heteroatoms.